The third kappa shape index (κ3) is 4.35. The third-order valence-corrected chi connectivity index (χ3v) is 4.39. The number of fused-ring (bicyclic) bond motifs is 1. The summed E-state index contributed by atoms with van der Waals surface area (Å²) in [5, 5.41) is 13.1. The summed E-state index contributed by atoms with van der Waals surface area (Å²) in [5.41, 5.74) is 9.54. The van der Waals surface area contributed by atoms with E-state index in [4.69, 9.17) is 5.73 Å². The quantitative estimate of drug-likeness (QED) is 0.770. The fraction of sp³-hybridized carbons (Fsp3) is 0.316. The molecule has 1 unspecified atom stereocenters. The smallest absolute Gasteiger partial charge is 0.250 e. The summed E-state index contributed by atoms with van der Waals surface area (Å²) in [7, 11) is 0. The first kappa shape index (κ1) is 18.5. The average Bonchev–Trinajstić information content (AvgIpc) is 2.97. The van der Waals surface area contributed by atoms with E-state index in [2.05, 4.69) is 17.4 Å². The van der Waals surface area contributed by atoms with Crippen LogP contribution in [0.1, 0.15) is 16.7 Å². The van der Waals surface area contributed by atoms with Crippen LogP contribution in [0.4, 0.5) is 0 Å². The highest BCUT2D eigenvalue weighted by molar-refractivity contribution is 5.85. The summed E-state index contributed by atoms with van der Waals surface area (Å²) in [6.07, 6.45) is 0.893. The van der Waals surface area contributed by atoms with Crippen LogP contribution in [0, 0.1) is 0 Å². The zero-order chi connectivity index (χ0) is 16.2. The second kappa shape index (κ2) is 8.29. The van der Waals surface area contributed by atoms with Gasteiger partial charge in [0.15, 0.2) is 0 Å². The van der Waals surface area contributed by atoms with Crippen molar-refractivity contribution in [2.75, 3.05) is 0 Å². The van der Waals surface area contributed by atoms with Gasteiger partial charge in [-0.1, -0.05) is 54.6 Å². The van der Waals surface area contributed by atoms with Gasteiger partial charge < -0.3 is 16.2 Å². The second-order valence-electron chi connectivity index (χ2n) is 6.18. The summed E-state index contributed by atoms with van der Waals surface area (Å²) in [6.45, 7) is 0. The molecule has 1 aliphatic carbocycles. The Hall–Kier alpha value is -1.88. The summed E-state index contributed by atoms with van der Waals surface area (Å²) in [5.74, 6) is -0.383. The molecule has 1 amide bonds. The molecule has 4 nitrogen and oxygen atoms in total. The van der Waals surface area contributed by atoms with Gasteiger partial charge in [-0.25, -0.2) is 0 Å². The molecule has 1 aliphatic rings. The molecule has 0 saturated carbocycles. The lowest BCUT2D eigenvalue weighted by Crippen LogP contribution is -2.50. The van der Waals surface area contributed by atoms with Crippen molar-refractivity contribution in [1.82, 2.24) is 5.32 Å². The number of benzene rings is 2. The number of hydrogen-bond acceptors (Lipinski definition) is 3. The van der Waals surface area contributed by atoms with E-state index in [1.165, 1.54) is 11.1 Å². The highest BCUT2D eigenvalue weighted by Gasteiger charge is 2.28. The average molecular weight is 347 g/mol. The number of aliphatic hydroxyl groups is 1. The lowest BCUT2D eigenvalue weighted by Gasteiger charge is -2.21. The van der Waals surface area contributed by atoms with Crippen molar-refractivity contribution in [1.29, 1.82) is 0 Å². The standard InChI is InChI=1S/C19H22N2O2.ClH/c20-17(10-13-6-2-1-3-7-13)18(22)19(23)21-16-11-14-8-4-5-9-15(14)12-16;/h1-9,16-18,22H,10-12,20H2,(H,21,23);1H/t17-,18?;/m0./s1. The van der Waals surface area contributed by atoms with Crippen molar-refractivity contribution in [3.8, 4) is 0 Å². The van der Waals surface area contributed by atoms with E-state index in [0.29, 0.717) is 6.42 Å². The zero-order valence-electron chi connectivity index (χ0n) is 13.4. The molecule has 5 heteroatoms. The molecule has 0 fully saturated rings. The fourth-order valence-electron chi connectivity index (χ4n) is 3.14. The van der Waals surface area contributed by atoms with Gasteiger partial charge in [-0.05, 0) is 36.0 Å². The Bertz CT molecular complexity index is 653. The minimum absolute atomic E-state index is 0. The number of carbonyl (C=O) groups is 1. The van der Waals surface area contributed by atoms with Crippen LogP contribution in [-0.4, -0.2) is 29.2 Å². The Morgan fingerprint density at radius 2 is 1.62 bits per heavy atom. The fourth-order valence-corrected chi connectivity index (χ4v) is 3.14. The van der Waals surface area contributed by atoms with Crippen LogP contribution >= 0.6 is 12.4 Å². The molecule has 4 N–H and O–H groups in total. The van der Waals surface area contributed by atoms with E-state index in [-0.39, 0.29) is 24.4 Å². The van der Waals surface area contributed by atoms with Gasteiger partial charge in [0, 0.05) is 12.1 Å². The first-order valence-corrected chi connectivity index (χ1v) is 7.98. The molecule has 24 heavy (non-hydrogen) atoms. The molecule has 0 radical (unpaired) electrons. The van der Waals surface area contributed by atoms with E-state index in [1.807, 2.05) is 42.5 Å². The molecule has 0 aliphatic heterocycles. The van der Waals surface area contributed by atoms with Crippen molar-refractivity contribution < 1.29 is 9.90 Å². The monoisotopic (exact) mass is 346 g/mol. The van der Waals surface area contributed by atoms with Crippen LogP contribution in [0.25, 0.3) is 0 Å². The SMILES string of the molecule is Cl.N[C@@H](Cc1ccccc1)C(O)C(=O)NC1Cc2ccccc2C1. The Morgan fingerprint density at radius 1 is 1.08 bits per heavy atom. The summed E-state index contributed by atoms with van der Waals surface area (Å²) < 4.78 is 0. The van der Waals surface area contributed by atoms with Crippen molar-refractivity contribution in [2.24, 2.45) is 5.73 Å². The maximum absolute atomic E-state index is 12.2. The van der Waals surface area contributed by atoms with Crippen LogP contribution in [0.15, 0.2) is 54.6 Å². The van der Waals surface area contributed by atoms with Crippen LogP contribution in [0.2, 0.25) is 0 Å². The van der Waals surface area contributed by atoms with E-state index in [9.17, 15) is 9.90 Å². The molecular weight excluding hydrogens is 324 g/mol. The Morgan fingerprint density at radius 3 is 2.21 bits per heavy atom. The molecular formula is C19H23ClN2O2. The van der Waals surface area contributed by atoms with Crippen molar-refractivity contribution in [3.63, 3.8) is 0 Å². The van der Waals surface area contributed by atoms with Gasteiger partial charge in [-0.15, -0.1) is 12.4 Å². The van der Waals surface area contributed by atoms with Gasteiger partial charge >= 0.3 is 0 Å². The van der Waals surface area contributed by atoms with Gasteiger partial charge in [0.25, 0.3) is 5.91 Å². The number of halogens is 1. The predicted molar refractivity (Wildman–Crippen MR) is 97.2 cm³/mol. The van der Waals surface area contributed by atoms with E-state index in [1.54, 1.807) is 0 Å². The van der Waals surface area contributed by atoms with Crippen molar-refractivity contribution in [2.45, 2.75) is 37.5 Å². The number of carbonyl (C=O) groups excluding carboxylic acids is 1. The van der Waals surface area contributed by atoms with Gasteiger partial charge in [0.2, 0.25) is 0 Å². The molecule has 2 aromatic carbocycles. The topological polar surface area (TPSA) is 75.3 Å². The zero-order valence-corrected chi connectivity index (χ0v) is 14.2. The number of aliphatic hydroxyl groups excluding tert-OH is 1. The Kier molecular flexibility index (Phi) is 6.37. The lowest BCUT2D eigenvalue weighted by atomic mass is 10.0. The van der Waals surface area contributed by atoms with Crippen LogP contribution in [0.5, 0.6) is 0 Å². The summed E-state index contributed by atoms with van der Waals surface area (Å²) >= 11 is 0. The summed E-state index contributed by atoms with van der Waals surface area (Å²) in [6, 6.07) is 17.3. The molecule has 2 atom stereocenters. The molecule has 3 rings (SSSR count). The molecule has 128 valence electrons. The van der Waals surface area contributed by atoms with Gasteiger partial charge in [0.1, 0.15) is 6.10 Å². The lowest BCUT2D eigenvalue weighted by molar-refractivity contribution is -0.131. The number of nitrogens with one attached hydrogen (secondary N) is 1. The largest absolute Gasteiger partial charge is 0.382 e. The van der Waals surface area contributed by atoms with Gasteiger partial charge in [0.05, 0.1) is 0 Å². The molecule has 0 aromatic heterocycles. The van der Waals surface area contributed by atoms with Gasteiger partial charge in [-0.3, -0.25) is 4.79 Å². The number of amides is 1. The van der Waals surface area contributed by atoms with E-state index < -0.39 is 12.1 Å². The minimum atomic E-state index is -1.20. The highest BCUT2D eigenvalue weighted by Crippen LogP contribution is 2.21. The van der Waals surface area contributed by atoms with E-state index in [0.717, 1.165) is 18.4 Å². The predicted octanol–water partition coefficient (Wildman–Crippen LogP) is 1.62. The minimum Gasteiger partial charge on any atom is -0.382 e. The summed E-state index contributed by atoms with van der Waals surface area (Å²) in [4.78, 5) is 12.2. The van der Waals surface area contributed by atoms with Gasteiger partial charge in [-0.2, -0.15) is 0 Å². The van der Waals surface area contributed by atoms with Crippen LogP contribution in [0.3, 0.4) is 0 Å². The third-order valence-electron chi connectivity index (χ3n) is 4.39. The maximum atomic E-state index is 12.2. The molecule has 0 heterocycles. The Labute approximate surface area is 148 Å². The van der Waals surface area contributed by atoms with Crippen molar-refractivity contribution >= 4 is 18.3 Å². The number of rotatable bonds is 5. The first-order valence-electron chi connectivity index (χ1n) is 7.98. The second-order valence-corrected chi connectivity index (χ2v) is 6.18. The maximum Gasteiger partial charge on any atom is 0.250 e. The first-order chi connectivity index (χ1) is 11.1. The van der Waals surface area contributed by atoms with Crippen molar-refractivity contribution in [3.05, 3.63) is 71.3 Å². The normalized spacial score (nSPS) is 15.9. The molecule has 0 saturated heterocycles. The van der Waals surface area contributed by atoms with Crippen LogP contribution in [-0.2, 0) is 24.1 Å². The highest BCUT2D eigenvalue weighted by atomic mass is 35.5. The molecule has 2 aromatic rings. The Balaban J connectivity index is 0.00000208. The number of nitrogens with two attached hydrogens (primary N) is 1. The molecule has 0 spiro atoms. The number of hydrogen-bond donors (Lipinski definition) is 3. The van der Waals surface area contributed by atoms with E-state index >= 15 is 0 Å². The van der Waals surface area contributed by atoms with Crippen LogP contribution < -0.4 is 11.1 Å². The molecule has 0 bridgehead atoms.